The Labute approximate surface area is 100 Å². The first-order chi connectivity index (χ1) is 7.81. The van der Waals surface area contributed by atoms with Crippen molar-refractivity contribution >= 4 is 5.97 Å². The van der Waals surface area contributed by atoms with Gasteiger partial charge in [-0.25, -0.2) is 4.79 Å². The predicted molar refractivity (Wildman–Crippen MR) is 68.4 cm³/mol. The van der Waals surface area contributed by atoms with E-state index in [1.807, 2.05) is 0 Å². The van der Waals surface area contributed by atoms with Crippen LogP contribution in [0.2, 0.25) is 0 Å². The van der Waals surface area contributed by atoms with E-state index in [4.69, 9.17) is 4.74 Å². The largest absolute Gasteiger partial charge is 0.463 e. The van der Waals surface area contributed by atoms with Crippen molar-refractivity contribution in [3.63, 3.8) is 0 Å². The van der Waals surface area contributed by atoms with Gasteiger partial charge in [0, 0.05) is 6.08 Å². The Hall–Kier alpha value is -0.790. The van der Waals surface area contributed by atoms with Gasteiger partial charge in [0.2, 0.25) is 0 Å². The monoisotopic (exact) mass is 226 g/mol. The molecule has 0 aromatic heterocycles. The number of hydrogen-bond acceptors (Lipinski definition) is 2. The minimum atomic E-state index is -0.306. The number of esters is 1. The summed E-state index contributed by atoms with van der Waals surface area (Å²) in [5.41, 5.74) is 0. The van der Waals surface area contributed by atoms with E-state index in [9.17, 15) is 4.79 Å². The fourth-order valence-corrected chi connectivity index (χ4v) is 1.64. The topological polar surface area (TPSA) is 26.3 Å². The summed E-state index contributed by atoms with van der Waals surface area (Å²) in [4.78, 5) is 10.7. The van der Waals surface area contributed by atoms with Crippen LogP contribution < -0.4 is 0 Å². The van der Waals surface area contributed by atoms with Gasteiger partial charge in [0.25, 0.3) is 0 Å². The van der Waals surface area contributed by atoms with Crippen molar-refractivity contribution in [2.24, 2.45) is 0 Å². The first kappa shape index (κ1) is 15.2. The minimum absolute atomic E-state index is 0.306. The lowest BCUT2D eigenvalue weighted by atomic mass is 10.1. The van der Waals surface area contributed by atoms with Crippen LogP contribution in [0, 0.1) is 0 Å². The molecule has 2 nitrogen and oxygen atoms in total. The summed E-state index contributed by atoms with van der Waals surface area (Å²) in [5.74, 6) is -0.306. The van der Waals surface area contributed by atoms with Crippen molar-refractivity contribution in [3.05, 3.63) is 12.7 Å². The molecule has 2 heteroatoms. The van der Waals surface area contributed by atoms with E-state index in [-0.39, 0.29) is 5.97 Å². The van der Waals surface area contributed by atoms with E-state index in [1.165, 1.54) is 51.0 Å². The Bertz CT molecular complexity index is 176. The molecule has 0 rings (SSSR count). The highest BCUT2D eigenvalue weighted by Crippen LogP contribution is 2.09. The molecule has 0 aliphatic carbocycles. The van der Waals surface area contributed by atoms with E-state index >= 15 is 0 Å². The van der Waals surface area contributed by atoms with Crippen molar-refractivity contribution in [1.29, 1.82) is 0 Å². The number of rotatable bonds is 11. The second kappa shape index (κ2) is 12.3. The molecule has 0 radical (unpaired) electrons. The average Bonchev–Trinajstić information content (AvgIpc) is 2.31. The van der Waals surface area contributed by atoms with Crippen LogP contribution in [0.3, 0.4) is 0 Å². The highest BCUT2D eigenvalue weighted by Gasteiger charge is 1.95. The summed E-state index contributed by atoms with van der Waals surface area (Å²) in [5, 5.41) is 0. The Kier molecular flexibility index (Phi) is 11.7. The van der Waals surface area contributed by atoms with Gasteiger partial charge in [-0.3, -0.25) is 0 Å². The van der Waals surface area contributed by atoms with Crippen LogP contribution in [0.15, 0.2) is 12.7 Å². The Balaban J connectivity index is 2.98. The Morgan fingerprint density at radius 3 is 2.00 bits per heavy atom. The van der Waals surface area contributed by atoms with Crippen LogP contribution >= 0.6 is 0 Å². The molecule has 0 bridgehead atoms. The highest BCUT2D eigenvalue weighted by atomic mass is 16.5. The molecule has 0 aliphatic heterocycles. The third kappa shape index (κ3) is 11.3. The van der Waals surface area contributed by atoms with Gasteiger partial charge in [-0.1, -0.05) is 64.9 Å². The standard InChI is InChI=1S/C14H26O2/c1-3-5-6-7-8-9-10-11-12-13-16-14(15)4-2/h4H,2-3,5-13H2,1H3. The summed E-state index contributed by atoms with van der Waals surface area (Å²) in [6.45, 7) is 6.13. The van der Waals surface area contributed by atoms with E-state index in [0.717, 1.165) is 12.8 Å². The summed E-state index contributed by atoms with van der Waals surface area (Å²) in [6.07, 6.45) is 12.7. The lowest BCUT2D eigenvalue weighted by molar-refractivity contribution is -0.137. The molecule has 0 unspecified atom stereocenters. The maximum atomic E-state index is 10.7. The Morgan fingerprint density at radius 2 is 1.50 bits per heavy atom. The molecule has 0 aromatic carbocycles. The lowest BCUT2D eigenvalue weighted by Crippen LogP contribution is -2.01. The van der Waals surface area contributed by atoms with Crippen molar-refractivity contribution in [2.75, 3.05) is 6.61 Å². The van der Waals surface area contributed by atoms with Gasteiger partial charge in [-0.15, -0.1) is 0 Å². The van der Waals surface area contributed by atoms with Crippen molar-refractivity contribution < 1.29 is 9.53 Å². The van der Waals surface area contributed by atoms with Crippen LogP contribution in [0.4, 0.5) is 0 Å². The molecule has 0 fully saturated rings. The van der Waals surface area contributed by atoms with Crippen LogP contribution in [0.1, 0.15) is 64.7 Å². The molecule has 0 heterocycles. The smallest absolute Gasteiger partial charge is 0.330 e. The van der Waals surface area contributed by atoms with Crippen molar-refractivity contribution in [2.45, 2.75) is 64.7 Å². The van der Waals surface area contributed by atoms with Gasteiger partial charge in [0.05, 0.1) is 6.61 Å². The van der Waals surface area contributed by atoms with E-state index in [1.54, 1.807) is 0 Å². The van der Waals surface area contributed by atoms with Crippen LogP contribution in [0.5, 0.6) is 0 Å². The molecule has 0 saturated carbocycles. The fourth-order valence-electron chi connectivity index (χ4n) is 1.64. The van der Waals surface area contributed by atoms with Gasteiger partial charge in [0.1, 0.15) is 0 Å². The first-order valence-corrected chi connectivity index (χ1v) is 6.60. The number of ether oxygens (including phenoxy) is 1. The van der Waals surface area contributed by atoms with Crippen LogP contribution in [-0.4, -0.2) is 12.6 Å². The van der Waals surface area contributed by atoms with Crippen LogP contribution in [0.25, 0.3) is 0 Å². The minimum Gasteiger partial charge on any atom is -0.463 e. The van der Waals surface area contributed by atoms with Gasteiger partial charge in [-0.05, 0) is 6.42 Å². The van der Waals surface area contributed by atoms with E-state index in [2.05, 4.69) is 13.5 Å². The molecule has 94 valence electrons. The molecule has 0 aliphatic rings. The van der Waals surface area contributed by atoms with Gasteiger partial charge >= 0.3 is 5.97 Å². The molecule has 0 N–H and O–H groups in total. The number of unbranched alkanes of at least 4 members (excludes halogenated alkanes) is 8. The van der Waals surface area contributed by atoms with E-state index < -0.39 is 0 Å². The molecule has 0 aromatic rings. The van der Waals surface area contributed by atoms with Crippen molar-refractivity contribution in [3.8, 4) is 0 Å². The number of hydrogen-bond donors (Lipinski definition) is 0. The average molecular weight is 226 g/mol. The second-order valence-corrected chi connectivity index (χ2v) is 4.20. The first-order valence-electron chi connectivity index (χ1n) is 6.60. The zero-order chi connectivity index (χ0) is 12.1. The maximum Gasteiger partial charge on any atom is 0.330 e. The summed E-state index contributed by atoms with van der Waals surface area (Å²) in [6, 6.07) is 0. The number of carbonyl (C=O) groups is 1. The maximum absolute atomic E-state index is 10.7. The lowest BCUT2D eigenvalue weighted by Gasteiger charge is -2.02. The third-order valence-corrected chi connectivity index (χ3v) is 2.66. The zero-order valence-corrected chi connectivity index (χ0v) is 10.7. The molecule has 0 amide bonds. The summed E-state index contributed by atoms with van der Waals surface area (Å²) >= 11 is 0. The molecule has 0 spiro atoms. The summed E-state index contributed by atoms with van der Waals surface area (Å²) < 4.78 is 4.89. The zero-order valence-electron chi connectivity index (χ0n) is 10.7. The van der Waals surface area contributed by atoms with Crippen molar-refractivity contribution in [1.82, 2.24) is 0 Å². The third-order valence-electron chi connectivity index (χ3n) is 2.66. The Morgan fingerprint density at radius 1 is 1.00 bits per heavy atom. The molecule has 0 atom stereocenters. The normalized spacial score (nSPS) is 10.1. The molecular formula is C14H26O2. The summed E-state index contributed by atoms with van der Waals surface area (Å²) in [7, 11) is 0. The highest BCUT2D eigenvalue weighted by molar-refractivity contribution is 5.81. The van der Waals surface area contributed by atoms with Gasteiger partial charge < -0.3 is 4.74 Å². The SMILES string of the molecule is C=CC(=O)OCCCCCCCCCCC. The second-order valence-electron chi connectivity index (χ2n) is 4.20. The van der Waals surface area contributed by atoms with Gasteiger partial charge in [0.15, 0.2) is 0 Å². The molecule has 0 saturated heterocycles. The quantitative estimate of drug-likeness (QED) is 0.299. The molecule has 16 heavy (non-hydrogen) atoms. The predicted octanol–water partition coefficient (Wildman–Crippen LogP) is 4.25. The molecular weight excluding hydrogens is 200 g/mol. The fraction of sp³-hybridized carbons (Fsp3) is 0.786. The van der Waals surface area contributed by atoms with Gasteiger partial charge in [-0.2, -0.15) is 0 Å². The van der Waals surface area contributed by atoms with E-state index in [0.29, 0.717) is 6.61 Å². The van der Waals surface area contributed by atoms with Crippen LogP contribution in [-0.2, 0) is 9.53 Å². The number of carbonyl (C=O) groups excluding carboxylic acids is 1.